The van der Waals surface area contributed by atoms with E-state index in [0.29, 0.717) is 40.7 Å². The van der Waals surface area contributed by atoms with E-state index in [9.17, 15) is 14.4 Å². The SMILES string of the molecule is O=C(CSc1ccccc1)Nc1ccc(Oc2ccc3c(c2)C(=O)N(CC2CCCO2)C3=O)cc1. The van der Waals surface area contributed by atoms with Crippen LogP contribution >= 0.6 is 11.8 Å². The van der Waals surface area contributed by atoms with Gasteiger partial charge in [0.25, 0.3) is 11.8 Å². The molecule has 0 bridgehead atoms. The van der Waals surface area contributed by atoms with E-state index >= 15 is 0 Å². The second kappa shape index (κ2) is 10.3. The van der Waals surface area contributed by atoms with Crippen molar-refractivity contribution in [2.75, 3.05) is 24.2 Å². The van der Waals surface area contributed by atoms with Gasteiger partial charge in [0.1, 0.15) is 11.5 Å². The largest absolute Gasteiger partial charge is 0.457 e. The number of hydrogen-bond donors (Lipinski definition) is 1. The normalized spacial score (nSPS) is 16.9. The van der Waals surface area contributed by atoms with Crippen LogP contribution in [0.2, 0.25) is 0 Å². The lowest BCUT2D eigenvalue weighted by Gasteiger charge is -2.17. The Kier molecular flexibility index (Phi) is 6.83. The van der Waals surface area contributed by atoms with Crippen LogP contribution in [0.5, 0.6) is 11.5 Å². The minimum Gasteiger partial charge on any atom is -0.457 e. The van der Waals surface area contributed by atoms with E-state index in [1.54, 1.807) is 42.5 Å². The van der Waals surface area contributed by atoms with Gasteiger partial charge in [-0.3, -0.25) is 19.3 Å². The summed E-state index contributed by atoms with van der Waals surface area (Å²) in [5.41, 5.74) is 1.38. The van der Waals surface area contributed by atoms with Gasteiger partial charge in [0.05, 0.1) is 29.5 Å². The maximum absolute atomic E-state index is 12.8. The third-order valence-corrected chi connectivity index (χ3v) is 6.85. The van der Waals surface area contributed by atoms with E-state index < -0.39 is 0 Å². The zero-order valence-corrected chi connectivity index (χ0v) is 19.8. The zero-order chi connectivity index (χ0) is 24.2. The molecule has 0 aliphatic carbocycles. The number of fused-ring (bicyclic) bond motifs is 1. The van der Waals surface area contributed by atoms with Crippen LogP contribution in [0.4, 0.5) is 5.69 Å². The molecule has 3 aromatic rings. The van der Waals surface area contributed by atoms with Crippen molar-refractivity contribution >= 4 is 35.2 Å². The van der Waals surface area contributed by atoms with Crippen LogP contribution in [0.15, 0.2) is 77.7 Å². The molecule has 3 aromatic carbocycles. The molecule has 1 N–H and O–H groups in total. The first-order valence-electron chi connectivity index (χ1n) is 11.4. The quantitative estimate of drug-likeness (QED) is 0.355. The molecule has 178 valence electrons. The second-order valence-electron chi connectivity index (χ2n) is 8.34. The van der Waals surface area contributed by atoms with Gasteiger partial charge in [0.2, 0.25) is 5.91 Å². The molecule has 0 spiro atoms. The molecule has 5 rings (SSSR count). The van der Waals surface area contributed by atoms with E-state index in [0.717, 1.165) is 17.7 Å². The molecule has 0 aromatic heterocycles. The lowest BCUT2D eigenvalue weighted by atomic mass is 10.1. The summed E-state index contributed by atoms with van der Waals surface area (Å²) in [5.74, 6) is 0.611. The predicted octanol–water partition coefficient (Wildman–Crippen LogP) is 4.98. The fourth-order valence-corrected chi connectivity index (χ4v) is 4.82. The molecule has 0 saturated carbocycles. The third-order valence-electron chi connectivity index (χ3n) is 5.84. The van der Waals surface area contributed by atoms with Gasteiger partial charge in [-0.1, -0.05) is 18.2 Å². The fraction of sp³-hybridized carbons (Fsp3) is 0.222. The summed E-state index contributed by atoms with van der Waals surface area (Å²) < 4.78 is 11.5. The predicted molar refractivity (Wildman–Crippen MR) is 133 cm³/mol. The average molecular weight is 489 g/mol. The van der Waals surface area contributed by atoms with E-state index in [1.807, 2.05) is 30.3 Å². The van der Waals surface area contributed by atoms with Gasteiger partial charge in [0, 0.05) is 17.2 Å². The first kappa shape index (κ1) is 23.1. The number of imide groups is 1. The summed E-state index contributed by atoms with van der Waals surface area (Å²) in [5, 5.41) is 2.87. The first-order valence-corrected chi connectivity index (χ1v) is 12.4. The topological polar surface area (TPSA) is 84.9 Å². The van der Waals surface area contributed by atoms with Crippen molar-refractivity contribution in [3.05, 3.63) is 83.9 Å². The first-order chi connectivity index (χ1) is 17.1. The van der Waals surface area contributed by atoms with Gasteiger partial charge in [-0.2, -0.15) is 0 Å². The third kappa shape index (κ3) is 5.39. The van der Waals surface area contributed by atoms with Crippen molar-refractivity contribution in [2.45, 2.75) is 23.8 Å². The number of thioether (sulfide) groups is 1. The van der Waals surface area contributed by atoms with Crippen molar-refractivity contribution in [2.24, 2.45) is 0 Å². The molecule has 2 heterocycles. The minimum absolute atomic E-state index is 0.0936. The van der Waals surface area contributed by atoms with Gasteiger partial charge < -0.3 is 14.8 Å². The summed E-state index contributed by atoms with van der Waals surface area (Å²) in [6, 6.07) is 21.6. The maximum Gasteiger partial charge on any atom is 0.261 e. The highest BCUT2D eigenvalue weighted by atomic mass is 32.2. The average Bonchev–Trinajstić information content (AvgIpc) is 3.48. The fourth-order valence-electron chi connectivity index (χ4n) is 4.10. The molecule has 8 heteroatoms. The summed E-state index contributed by atoms with van der Waals surface area (Å²) in [6.45, 7) is 0.945. The highest BCUT2D eigenvalue weighted by Gasteiger charge is 2.37. The second-order valence-corrected chi connectivity index (χ2v) is 9.39. The van der Waals surface area contributed by atoms with Crippen LogP contribution in [0.25, 0.3) is 0 Å². The van der Waals surface area contributed by atoms with Crippen molar-refractivity contribution in [1.29, 1.82) is 0 Å². The van der Waals surface area contributed by atoms with E-state index in [4.69, 9.17) is 9.47 Å². The maximum atomic E-state index is 12.8. The number of nitrogens with one attached hydrogen (secondary N) is 1. The number of hydrogen-bond acceptors (Lipinski definition) is 6. The van der Waals surface area contributed by atoms with Crippen LogP contribution in [0, 0.1) is 0 Å². The summed E-state index contributed by atoms with van der Waals surface area (Å²) in [7, 11) is 0. The van der Waals surface area contributed by atoms with Gasteiger partial charge in [0.15, 0.2) is 0 Å². The lowest BCUT2D eigenvalue weighted by Crippen LogP contribution is -2.36. The Bertz CT molecular complexity index is 1240. The molecule has 1 atom stereocenters. The van der Waals surface area contributed by atoms with Crippen molar-refractivity contribution in [3.63, 3.8) is 0 Å². The Morgan fingerprint density at radius 3 is 2.46 bits per heavy atom. The van der Waals surface area contributed by atoms with Gasteiger partial charge in [-0.25, -0.2) is 0 Å². The number of benzene rings is 3. The molecule has 0 radical (unpaired) electrons. The number of nitrogens with zero attached hydrogens (tertiary/aromatic N) is 1. The van der Waals surface area contributed by atoms with Crippen LogP contribution in [0.3, 0.4) is 0 Å². The van der Waals surface area contributed by atoms with Crippen molar-refractivity contribution in [1.82, 2.24) is 4.90 Å². The number of carbonyl (C=O) groups is 3. The Hall–Kier alpha value is -3.62. The molecule has 1 unspecified atom stereocenters. The molecule has 2 aliphatic rings. The van der Waals surface area contributed by atoms with Crippen molar-refractivity contribution < 1.29 is 23.9 Å². The van der Waals surface area contributed by atoms with E-state index in [2.05, 4.69) is 5.32 Å². The van der Waals surface area contributed by atoms with Gasteiger partial charge >= 0.3 is 0 Å². The molecular formula is C27H24N2O5S. The van der Waals surface area contributed by atoms with Gasteiger partial charge in [-0.05, 0) is 67.4 Å². The summed E-state index contributed by atoms with van der Waals surface area (Å²) >= 11 is 1.47. The summed E-state index contributed by atoms with van der Waals surface area (Å²) in [6.07, 6.45) is 1.70. The van der Waals surface area contributed by atoms with Crippen molar-refractivity contribution in [3.8, 4) is 11.5 Å². The Labute approximate surface area is 207 Å². The summed E-state index contributed by atoms with van der Waals surface area (Å²) in [4.78, 5) is 40.1. The molecule has 2 aliphatic heterocycles. The molecule has 3 amide bonds. The Balaban J connectivity index is 1.18. The highest BCUT2D eigenvalue weighted by Crippen LogP contribution is 2.31. The molecule has 1 saturated heterocycles. The zero-order valence-electron chi connectivity index (χ0n) is 18.9. The lowest BCUT2D eigenvalue weighted by molar-refractivity contribution is -0.113. The monoisotopic (exact) mass is 488 g/mol. The number of amides is 3. The Morgan fingerprint density at radius 1 is 0.971 bits per heavy atom. The van der Waals surface area contributed by atoms with Crippen LogP contribution in [0.1, 0.15) is 33.6 Å². The number of rotatable bonds is 8. The number of anilines is 1. The molecule has 7 nitrogen and oxygen atoms in total. The smallest absolute Gasteiger partial charge is 0.261 e. The van der Waals surface area contributed by atoms with E-state index in [1.165, 1.54) is 16.7 Å². The number of ether oxygens (including phenoxy) is 2. The minimum atomic E-state index is -0.322. The van der Waals surface area contributed by atoms with Gasteiger partial charge in [-0.15, -0.1) is 11.8 Å². The Morgan fingerprint density at radius 2 is 1.71 bits per heavy atom. The highest BCUT2D eigenvalue weighted by molar-refractivity contribution is 8.00. The number of carbonyl (C=O) groups excluding carboxylic acids is 3. The molecular weight excluding hydrogens is 464 g/mol. The standard InChI is InChI=1S/C27H24N2O5S/c30-25(17-35-22-6-2-1-3-7-22)28-18-8-10-19(11-9-18)34-20-12-13-23-24(15-20)27(32)29(26(23)31)16-21-5-4-14-33-21/h1-3,6-13,15,21H,4-5,14,16-17H2,(H,28,30). The molecule has 1 fully saturated rings. The van der Waals surface area contributed by atoms with Crippen LogP contribution in [-0.2, 0) is 9.53 Å². The van der Waals surface area contributed by atoms with Crippen LogP contribution in [-0.4, -0.2) is 47.6 Å². The van der Waals surface area contributed by atoms with Crippen LogP contribution < -0.4 is 10.1 Å². The molecule has 35 heavy (non-hydrogen) atoms. The van der Waals surface area contributed by atoms with E-state index in [-0.39, 0.29) is 30.4 Å².